The molecule has 2 rings (SSSR count). The minimum absolute atomic E-state index is 0.550. The van der Waals surface area contributed by atoms with Crippen molar-refractivity contribution in [2.24, 2.45) is 5.92 Å². The quantitative estimate of drug-likeness (QED) is 0.848. The number of rotatable bonds is 5. The summed E-state index contributed by atoms with van der Waals surface area (Å²) < 4.78 is 5.25. The van der Waals surface area contributed by atoms with Gasteiger partial charge in [0.2, 0.25) is 0 Å². The van der Waals surface area contributed by atoms with Gasteiger partial charge in [0.05, 0.1) is 6.61 Å². The number of benzene rings is 1. The molecule has 114 valence electrons. The highest BCUT2D eigenvalue weighted by molar-refractivity contribution is 6.32. The molecule has 0 aromatic heterocycles. The lowest BCUT2D eigenvalue weighted by molar-refractivity contribution is -0.131. The highest BCUT2D eigenvalue weighted by Crippen LogP contribution is 2.28. The van der Waals surface area contributed by atoms with Crippen LogP contribution in [0.2, 0.25) is 5.02 Å². The maximum atomic E-state index is 10.5. The number of aliphatic carboxylic acids is 1. The second-order valence-corrected chi connectivity index (χ2v) is 5.69. The molecule has 1 aliphatic rings. The van der Waals surface area contributed by atoms with Crippen molar-refractivity contribution in [1.82, 2.24) is 0 Å². The summed E-state index contributed by atoms with van der Waals surface area (Å²) in [6.07, 6.45) is 4.94. The fraction of sp³-hybridized carbons (Fsp3) is 0.438. The van der Waals surface area contributed by atoms with Crippen LogP contribution in [0.4, 0.5) is 5.69 Å². The molecule has 1 N–H and O–H groups in total. The summed E-state index contributed by atoms with van der Waals surface area (Å²) in [7, 11) is 1.74. The molecule has 1 heterocycles. The standard InChI is InChI=1S/C16H20ClNO3/c1-21-11-12-3-2-8-18(10-12)14-6-4-13(15(17)9-14)5-7-16(19)20/h4-7,9,12H,2-3,8,10-11H2,1H3,(H,19,20)/b7-5+. The minimum Gasteiger partial charge on any atom is -0.478 e. The fourth-order valence-electron chi connectivity index (χ4n) is 2.68. The van der Waals surface area contributed by atoms with Crippen LogP contribution in [-0.2, 0) is 9.53 Å². The molecule has 0 aliphatic carbocycles. The average Bonchev–Trinajstić information content (AvgIpc) is 2.46. The van der Waals surface area contributed by atoms with Crippen molar-refractivity contribution in [3.05, 3.63) is 34.9 Å². The van der Waals surface area contributed by atoms with E-state index in [-0.39, 0.29) is 0 Å². The maximum Gasteiger partial charge on any atom is 0.328 e. The van der Waals surface area contributed by atoms with E-state index in [1.807, 2.05) is 18.2 Å². The molecule has 0 saturated carbocycles. The lowest BCUT2D eigenvalue weighted by atomic mass is 9.98. The van der Waals surface area contributed by atoms with Gasteiger partial charge in [0.1, 0.15) is 0 Å². The number of piperidine rings is 1. The van der Waals surface area contributed by atoms with Gasteiger partial charge in [-0.2, -0.15) is 0 Å². The Morgan fingerprint density at radius 2 is 2.38 bits per heavy atom. The van der Waals surface area contributed by atoms with Crippen LogP contribution in [0, 0.1) is 5.92 Å². The van der Waals surface area contributed by atoms with Gasteiger partial charge in [-0.25, -0.2) is 4.79 Å². The van der Waals surface area contributed by atoms with Crippen molar-refractivity contribution >= 4 is 29.3 Å². The molecule has 1 aromatic carbocycles. The SMILES string of the molecule is COCC1CCCN(c2ccc(/C=C/C(=O)O)c(Cl)c2)C1. The van der Waals surface area contributed by atoms with E-state index >= 15 is 0 Å². The zero-order chi connectivity index (χ0) is 15.2. The Bertz CT molecular complexity index is 528. The normalized spacial score (nSPS) is 19.1. The number of methoxy groups -OCH3 is 1. The molecule has 1 aliphatic heterocycles. The molecule has 4 nitrogen and oxygen atoms in total. The largest absolute Gasteiger partial charge is 0.478 e. The van der Waals surface area contributed by atoms with Crippen LogP contribution in [0.3, 0.4) is 0 Å². The highest BCUT2D eigenvalue weighted by Gasteiger charge is 2.20. The third-order valence-electron chi connectivity index (χ3n) is 3.68. The summed E-state index contributed by atoms with van der Waals surface area (Å²) in [5.74, 6) is -0.428. The van der Waals surface area contributed by atoms with Crippen molar-refractivity contribution < 1.29 is 14.6 Å². The first-order valence-electron chi connectivity index (χ1n) is 7.04. The number of anilines is 1. The predicted octanol–water partition coefficient (Wildman–Crippen LogP) is 3.30. The smallest absolute Gasteiger partial charge is 0.328 e. The Hall–Kier alpha value is -1.52. The van der Waals surface area contributed by atoms with E-state index in [1.54, 1.807) is 7.11 Å². The number of hydrogen-bond acceptors (Lipinski definition) is 3. The maximum absolute atomic E-state index is 10.5. The van der Waals surface area contributed by atoms with E-state index in [1.165, 1.54) is 12.5 Å². The molecule has 0 spiro atoms. The monoisotopic (exact) mass is 309 g/mol. The van der Waals surface area contributed by atoms with Gasteiger partial charge in [0, 0.05) is 37.0 Å². The van der Waals surface area contributed by atoms with Gasteiger partial charge in [0.15, 0.2) is 0 Å². The van der Waals surface area contributed by atoms with Crippen molar-refractivity contribution in [1.29, 1.82) is 0 Å². The first-order valence-corrected chi connectivity index (χ1v) is 7.42. The summed E-state index contributed by atoms with van der Waals surface area (Å²) in [4.78, 5) is 12.9. The Balaban J connectivity index is 2.10. The number of nitrogens with zero attached hydrogens (tertiary/aromatic N) is 1. The first-order chi connectivity index (χ1) is 10.1. The third kappa shape index (κ3) is 4.48. The summed E-state index contributed by atoms with van der Waals surface area (Å²) in [6, 6.07) is 5.75. The second-order valence-electron chi connectivity index (χ2n) is 5.29. The van der Waals surface area contributed by atoms with Crippen LogP contribution in [-0.4, -0.2) is 37.9 Å². The molecule has 21 heavy (non-hydrogen) atoms. The Morgan fingerprint density at radius 1 is 1.57 bits per heavy atom. The molecule has 0 amide bonds. The lowest BCUT2D eigenvalue weighted by Crippen LogP contribution is -2.37. The van der Waals surface area contributed by atoms with Crippen molar-refractivity contribution in [3.63, 3.8) is 0 Å². The van der Waals surface area contributed by atoms with Crippen LogP contribution in [0.1, 0.15) is 18.4 Å². The topological polar surface area (TPSA) is 49.8 Å². The molecule has 5 heteroatoms. The van der Waals surface area contributed by atoms with Crippen molar-refractivity contribution in [2.75, 3.05) is 31.7 Å². The molecular weight excluding hydrogens is 290 g/mol. The van der Waals surface area contributed by atoms with E-state index in [9.17, 15) is 4.79 Å². The van der Waals surface area contributed by atoms with E-state index in [4.69, 9.17) is 21.4 Å². The zero-order valence-electron chi connectivity index (χ0n) is 12.1. The van der Waals surface area contributed by atoms with Crippen molar-refractivity contribution in [3.8, 4) is 0 Å². The summed E-state index contributed by atoms with van der Waals surface area (Å²) in [5, 5.41) is 9.22. The van der Waals surface area contributed by atoms with Crippen LogP contribution >= 0.6 is 11.6 Å². The Morgan fingerprint density at radius 3 is 3.05 bits per heavy atom. The van der Waals surface area contributed by atoms with Crippen LogP contribution in [0.25, 0.3) is 6.08 Å². The van der Waals surface area contributed by atoms with E-state index in [0.29, 0.717) is 16.5 Å². The zero-order valence-corrected chi connectivity index (χ0v) is 12.8. The number of carboxylic acids is 1. The fourth-order valence-corrected chi connectivity index (χ4v) is 2.92. The first kappa shape index (κ1) is 15.9. The van der Waals surface area contributed by atoms with Gasteiger partial charge in [-0.05, 0) is 42.5 Å². The van der Waals surface area contributed by atoms with E-state index in [2.05, 4.69) is 4.90 Å². The predicted molar refractivity (Wildman–Crippen MR) is 84.9 cm³/mol. The molecule has 1 atom stereocenters. The lowest BCUT2D eigenvalue weighted by Gasteiger charge is -2.34. The molecule has 1 fully saturated rings. The molecule has 1 aromatic rings. The Kier molecular flexibility index (Phi) is 5.65. The van der Waals surface area contributed by atoms with Crippen LogP contribution in [0.5, 0.6) is 0 Å². The van der Waals surface area contributed by atoms with Gasteiger partial charge in [0.25, 0.3) is 0 Å². The van der Waals surface area contributed by atoms with Gasteiger partial charge >= 0.3 is 5.97 Å². The minimum atomic E-state index is -0.978. The van der Waals surface area contributed by atoms with Crippen molar-refractivity contribution in [2.45, 2.75) is 12.8 Å². The summed E-state index contributed by atoms with van der Waals surface area (Å²) in [5.41, 5.74) is 1.79. The van der Waals surface area contributed by atoms with E-state index in [0.717, 1.165) is 37.9 Å². The number of hydrogen-bond donors (Lipinski definition) is 1. The van der Waals surface area contributed by atoms with Crippen LogP contribution < -0.4 is 4.90 Å². The number of carboxylic acid groups (broad SMARTS) is 1. The van der Waals surface area contributed by atoms with Gasteiger partial charge < -0.3 is 14.7 Å². The van der Waals surface area contributed by atoms with Gasteiger partial charge in [-0.3, -0.25) is 0 Å². The summed E-state index contributed by atoms with van der Waals surface area (Å²) >= 11 is 6.23. The average molecular weight is 310 g/mol. The number of halogens is 1. The van der Waals surface area contributed by atoms with E-state index < -0.39 is 5.97 Å². The molecular formula is C16H20ClNO3. The molecule has 0 bridgehead atoms. The molecule has 1 unspecified atom stereocenters. The third-order valence-corrected chi connectivity index (χ3v) is 4.00. The summed E-state index contributed by atoms with van der Waals surface area (Å²) in [6.45, 7) is 2.76. The highest BCUT2D eigenvalue weighted by atomic mass is 35.5. The molecule has 0 radical (unpaired) electrons. The number of carbonyl (C=O) groups is 1. The molecule has 1 saturated heterocycles. The van der Waals surface area contributed by atoms with Crippen LogP contribution in [0.15, 0.2) is 24.3 Å². The van der Waals surface area contributed by atoms with Gasteiger partial charge in [-0.15, -0.1) is 0 Å². The second kappa shape index (κ2) is 7.48. The number of ether oxygens (including phenoxy) is 1. The Labute approximate surface area is 130 Å². The van der Waals surface area contributed by atoms with Gasteiger partial charge in [-0.1, -0.05) is 17.7 Å².